The van der Waals surface area contributed by atoms with Crippen LogP contribution in [-0.4, -0.2) is 35.4 Å². The molecule has 4 heteroatoms. The smallest absolute Gasteiger partial charge is 0.214 e. The number of rotatable bonds is 6. The number of nitrogens with zero attached hydrogens (tertiary/aromatic N) is 1. The van der Waals surface area contributed by atoms with Crippen LogP contribution in [0.4, 0.5) is 5.69 Å². The van der Waals surface area contributed by atoms with Crippen LogP contribution in [0.1, 0.15) is 13.3 Å². The van der Waals surface area contributed by atoms with Crippen LogP contribution >= 0.6 is 0 Å². The molecule has 2 N–H and O–H groups in total. The van der Waals surface area contributed by atoms with E-state index in [1.165, 1.54) is 4.90 Å². The van der Waals surface area contributed by atoms with Crippen molar-refractivity contribution in [3.63, 3.8) is 0 Å². The molecule has 4 nitrogen and oxygen atoms in total. The zero-order chi connectivity index (χ0) is 12.0. The normalized spacial score (nSPS) is 11.2. The van der Waals surface area contributed by atoms with E-state index in [0.717, 1.165) is 0 Å². The highest BCUT2D eigenvalue weighted by Gasteiger charge is 2.34. The molecule has 0 heterocycles. The molecule has 0 saturated heterocycles. The first-order valence-corrected chi connectivity index (χ1v) is 5.25. The van der Waals surface area contributed by atoms with Gasteiger partial charge in [-0.1, -0.05) is 25.1 Å². The number of aliphatic hydroxyl groups excluding tert-OH is 2. The van der Waals surface area contributed by atoms with Gasteiger partial charge in [0.1, 0.15) is 0 Å². The predicted molar refractivity (Wildman–Crippen MR) is 62.2 cm³/mol. The first kappa shape index (κ1) is 12.7. The number of para-hydroxylation sites is 1. The average molecular weight is 223 g/mol. The monoisotopic (exact) mass is 223 g/mol. The third-order valence-electron chi connectivity index (χ3n) is 2.90. The number of benzene rings is 1. The van der Waals surface area contributed by atoms with Gasteiger partial charge in [-0.15, -0.1) is 0 Å². The van der Waals surface area contributed by atoms with Crippen molar-refractivity contribution in [1.29, 1.82) is 0 Å². The lowest BCUT2D eigenvalue weighted by Crippen LogP contribution is -2.54. The Labute approximate surface area is 95.1 Å². The highest BCUT2D eigenvalue weighted by atomic mass is 16.3. The van der Waals surface area contributed by atoms with E-state index in [4.69, 9.17) is 0 Å². The highest BCUT2D eigenvalue weighted by molar-refractivity contribution is 5.77. The molecule has 0 bridgehead atoms. The molecule has 0 saturated carbocycles. The number of amides is 1. The molecule has 0 aliphatic heterocycles. The Morgan fingerprint density at radius 2 is 1.81 bits per heavy atom. The molecular formula is C12H17NO3. The number of hydrogen-bond donors (Lipinski definition) is 2. The Bertz CT molecular complexity index is 314. The van der Waals surface area contributed by atoms with Crippen LogP contribution < -0.4 is 4.90 Å². The van der Waals surface area contributed by atoms with Crippen molar-refractivity contribution >= 4 is 12.1 Å². The maximum atomic E-state index is 11.1. The second kappa shape index (κ2) is 5.63. The van der Waals surface area contributed by atoms with Gasteiger partial charge in [0.05, 0.1) is 18.8 Å². The lowest BCUT2D eigenvalue weighted by molar-refractivity contribution is -0.109. The molecule has 0 aliphatic rings. The van der Waals surface area contributed by atoms with E-state index in [1.54, 1.807) is 24.3 Å². The van der Waals surface area contributed by atoms with Crippen molar-refractivity contribution in [2.75, 3.05) is 18.1 Å². The standard InChI is InChI=1S/C12H17NO3/c1-2-12(8-14,9-15)13(10-16)11-6-4-3-5-7-11/h3-7,10,14-15H,2,8-9H2,1H3. The minimum Gasteiger partial charge on any atom is -0.394 e. The number of aliphatic hydroxyl groups is 2. The van der Waals surface area contributed by atoms with Gasteiger partial charge < -0.3 is 15.1 Å². The highest BCUT2D eigenvalue weighted by Crippen LogP contribution is 2.24. The lowest BCUT2D eigenvalue weighted by atomic mass is 9.95. The van der Waals surface area contributed by atoms with Gasteiger partial charge in [-0.3, -0.25) is 4.79 Å². The lowest BCUT2D eigenvalue weighted by Gasteiger charge is -2.38. The summed E-state index contributed by atoms with van der Waals surface area (Å²) in [7, 11) is 0. The molecule has 1 rings (SSSR count). The van der Waals surface area contributed by atoms with Crippen molar-refractivity contribution in [3.8, 4) is 0 Å². The number of hydrogen-bond acceptors (Lipinski definition) is 3. The van der Waals surface area contributed by atoms with Crippen LogP contribution in [0, 0.1) is 0 Å². The Morgan fingerprint density at radius 1 is 1.25 bits per heavy atom. The maximum Gasteiger partial charge on any atom is 0.214 e. The quantitative estimate of drug-likeness (QED) is 0.701. The van der Waals surface area contributed by atoms with Crippen LogP contribution in [0.25, 0.3) is 0 Å². The van der Waals surface area contributed by atoms with E-state index in [0.29, 0.717) is 18.5 Å². The zero-order valence-corrected chi connectivity index (χ0v) is 9.34. The van der Waals surface area contributed by atoms with Crippen LogP contribution in [0.2, 0.25) is 0 Å². The summed E-state index contributed by atoms with van der Waals surface area (Å²) in [5.74, 6) is 0. The van der Waals surface area contributed by atoms with E-state index in [2.05, 4.69) is 0 Å². The van der Waals surface area contributed by atoms with Crippen molar-refractivity contribution in [3.05, 3.63) is 30.3 Å². The minimum absolute atomic E-state index is 0.270. The van der Waals surface area contributed by atoms with Gasteiger partial charge in [-0.25, -0.2) is 0 Å². The molecule has 1 aromatic carbocycles. The van der Waals surface area contributed by atoms with Crippen LogP contribution in [0.15, 0.2) is 30.3 Å². The Kier molecular flexibility index (Phi) is 4.46. The summed E-state index contributed by atoms with van der Waals surface area (Å²) < 4.78 is 0. The van der Waals surface area contributed by atoms with Gasteiger partial charge in [-0.2, -0.15) is 0 Å². The Morgan fingerprint density at radius 3 is 2.19 bits per heavy atom. The number of carbonyl (C=O) groups is 1. The largest absolute Gasteiger partial charge is 0.394 e. The van der Waals surface area contributed by atoms with E-state index in [1.807, 2.05) is 13.0 Å². The molecule has 16 heavy (non-hydrogen) atoms. The molecule has 0 radical (unpaired) electrons. The second-order valence-corrected chi connectivity index (χ2v) is 3.71. The third-order valence-corrected chi connectivity index (χ3v) is 2.90. The van der Waals surface area contributed by atoms with Gasteiger partial charge in [0.25, 0.3) is 0 Å². The van der Waals surface area contributed by atoms with Crippen LogP contribution in [0.3, 0.4) is 0 Å². The van der Waals surface area contributed by atoms with Crippen molar-refractivity contribution in [2.24, 2.45) is 0 Å². The van der Waals surface area contributed by atoms with E-state index < -0.39 is 5.54 Å². The molecule has 0 unspecified atom stereocenters. The fourth-order valence-electron chi connectivity index (χ4n) is 1.63. The second-order valence-electron chi connectivity index (χ2n) is 3.71. The summed E-state index contributed by atoms with van der Waals surface area (Å²) in [6.07, 6.45) is 1.12. The maximum absolute atomic E-state index is 11.1. The number of anilines is 1. The third kappa shape index (κ3) is 2.23. The molecule has 88 valence electrons. The van der Waals surface area contributed by atoms with E-state index in [9.17, 15) is 15.0 Å². The summed E-state index contributed by atoms with van der Waals surface area (Å²) in [5.41, 5.74) is -0.259. The Hall–Kier alpha value is -1.39. The number of carbonyl (C=O) groups excluding carboxylic acids is 1. The van der Waals surface area contributed by atoms with Gasteiger partial charge >= 0.3 is 0 Å². The molecule has 0 fully saturated rings. The van der Waals surface area contributed by atoms with Crippen molar-refractivity contribution < 1.29 is 15.0 Å². The molecule has 1 aromatic rings. The summed E-state index contributed by atoms with van der Waals surface area (Å²) >= 11 is 0. The van der Waals surface area contributed by atoms with E-state index in [-0.39, 0.29) is 13.2 Å². The van der Waals surface area contributed by atoms with Crippen molar-refractivity contribution in [2.45, 2.75) is 18.9 Å². The van der Waals surface area contributed by atoms with Gasteiger partial charge in [0.2, 0.25) is 6.41 Å². The predicted octanol–water partition coefficient (Wildman–Crippen LogP) is 0.783. The van der Waals surface area contributed by atoms with Crippen LogP contribution in [-0.2, 0) is 4.79 Å². The summed E-state index contributed by atoms with van der Waals surface area (Å²) in [4.78, 5) is 12.5. The SMILES string of the molecule is CCC(CO)(CO)N(C=O)c1ccccc1. The first-order chi connectivity index (χ1) is 7.74. The zero-order valence-electron chi connectivity index (χ0n) is 9.34. The fraction of sp³-hybridized carbons (Fsp3) is 0.417. The average Bonchev–Trinajstić information content (AvgIpc) is 2.37. The Balaban J connectivity index is 3.10. The fourth-order valence-corrected chi connectivity index (χ4v) is 1.63. The molecule has 0 aliphatic carbocycles. The van der Waals surface area contributed by atoms with Crippen LogP contribution in [0.5, 0.6) is 0 Å². The molecular weight excluding hydrogens is 206 g/mol. The molecule has 0 aromatic heterocycles. The topological polar surface area (TPSA) is 60.8 Å². The van der Waals surface area contributed by atoms with E-state index >= 15 is 0 Å². The summed E-state index contributed by atoms with van der Waals surface area (Å²) in [6.45, 7) is 1.28. The molecule has 0 atom stereocenters. The minimum atomic E-state index is -0.927. The molecule has 1 amide bonds. The van der Waals surface area contributed by atoms with Gasteiger partial charge in [-0.05, 0) is 18.6 Å². The first-order valence-electron chi connectivity index (χ1n) is 5.25. The molecule has 0 spiro atoms. The van der Waals surface area contributed by atoms with Gasteiger partial charge in [0.15, 0.2) is 0 Å². The van der Waals surface area contributed by atoms with Gasteiger partial charge in [0, 0.05) is 5.69 Å². The summed E-state index contributed by atoms with van der Waals surface area (Å²) in [6, 6.07) is 8.99. The summed E-state index contributed by atoms with van der Waals surface area (Å²) in [5, 5.41) is 18.8. The van der Waals surface area contributed by atoms with Crippen molar-refractivity contribution in [1.82, 2.24) is 0 Å².